The number of primary amides is 1. The first-order valence-electron chi connectivity index (χ1n) is 4.57. The molecule has 0 spiro atoms. The van der Waals surface area contributed by atoms with Crippen LogP contribution in [0, 0.1) is 17.8 Å². The van der Waals surface area contributed by atoms with Gasteiger partial charge >= 0.3 is 0 Å². The molecule has 0 aromatic rings. The minimum Gasteiger partial charge on any atom is -0.369 e. The van der Waals surface area contributed by atoms with Crippen LogP contribution in [0.4, 0.5) is 0 Å². The van der Waals surface area contributed by atoms with Crippen LogP contribution >= 0.6 is 0 Å². The average Bonchev–Trinajstić information content (AvgIpc) is 1.96. The van der Waals surface area contributed by atoms with Crippen LogP contribution in [0.2, 0.25) is 0 Å². The van der Waals surface area contributed by atoms with Crippen molar-refractivity contribution in [1.82, 2.24) is 0 Å². The molecular weight excluding hydrogens is 152 g/mol. The normalized spacial score (nSPS) is 42.6. The predicted molar refractivity (Wildman–Crippen MR) is 48.2 cm³/mol. The Labute approximate surface area is 73.5 Å². The highest BCUT2D eigenvalue weighted by Crippen LogP contribution is 2.32. The van der Waals surface area contributed by atoms with E-state index in [1.807, 2.05) is 0 Å². The summed E-state index contributed by atoms with van der Waals surface area (Å²) in [5, 5.41) is 0. The van der Waals surface area contributed by atoms with Crippen LogP contribution in [0.15, 0.2) is 0 Å². The summed E-state index contributed by atoms with van der Waals surface area (Å²) in [6, 6.07) is 0.152. The Morgan fingerprint density at radius 2 is 1.83 bits per heavy atom. The van der Waals surface area contributed by atoms with E-state index in [-0.39, 0.29) is 17.9 Å². The third kappa shape index (κ3) is 1.78. The van der Waals surface area contributed by atoms with Crippen molar-refractivity contribution in [2.75, 3.05) is 0 Å². The first-order valence-corrected chi connectivity index (χ1v) is 4.57. The van der Waals surface area contributed by atoms with Crippen molar-refractivity contribution in [2.45, 2.75) is 32.7 Å². The highest BCUT2D eigenvalue weighted by atomic mass is 16.1. The number of hydrogen-bond acceptors (Lipinski definition) is 2. The lowest BCUT2D eigenvalue weighted by Crippen LogP contribution is -2.43. The van der Waals surface area contributed by atoms with Crippen molar-refractivity contribution in [1.29, 1.82) is 0 Å². The molecule has 0 aliphatic heterocycles. The van der Waals surface area contributed by atoms with Crippen LogP contribution < -0.4 is 11.5 Å². The maximum Gasteiger partial charge on any atom is 0.220 e. The summed E-state index contributed by atoms with van der Waals surface area (Å²) in [6.45, 7) is 4.22. The molecule has 4 atom stereocenters. The summed E-state index contributed by atoms with van der Waals surface area (Å²) in [4.78, 5) is 11.0. The largest absolute Gasteiger partial charge is 0.369 e. The zero-order valence-electron chi connectivity index (χ0n) is 7.79. The van der Waals surface area contributed by atoms with Gasteiger partial charge in [-0.2, -0.15) is 0 Å². The fourth-order valence-corrected chi connectivity index (χ4v) is 2.08. The molecule has 1 aliphatic carbocycles. The summed E-state index contributed by atoms with van der Waals surface area (Å²) >= 11 is 0. The van der Waals surface area contributed by atoms with Crippen LogP contribution in [0.5, 0.6) is 0 Å². The summed E-state index contributed by atoms with van der Waals surface area (Å²) in [5.41, 5.74) is 11.1. The molecule has 4 unspecified atom stereocenters. The summed E-state index contributed by atoms with van der Waals surface area (Å²) in [6.07, 6.45) is 1.78. The third-order valence-electron chi connectivity index (χ3n) is 3.05. The van der Waals surface area contributed by atoms with E-state index < -0.39 is 0 Å². The lowest BCUT2D eigenvalue weighted by molar-refractivity contribution is -0.124. The van der Waals surface area contributed by atoms with E-state index in [0.29, 0.717) is 11.8 Å². The van der Waals surface area contributed by atoms with Gasteiger partial charge in [0.25, 0.3) is 0 Å². The molecule has 0 bridgehead atoms. The van der Waals surface area contributed by atoms with Crippen molar-refractivity contribution in [3.63, 3.8) is 0 Å². The Balaban J connectivity index is 2.61. The molecular formula is C9H18N2O. The predicted octanol–water partition coefficient (Wildman–Crippen LogP) is 0.481. The second-order valence-electron chi connectivity index (χ2n) is 4.10. The van der Waals surface area contributed by atoms with Gasteiger partial charge < -0.3 is 11.5 Å². The number of carbonyl (C=O) groups is 1. The molecule has 1 rings (SSSR count). The smallest absolute Gasteiger partial charge is 0.220 e. The number of rotatable bonds is 1. The van der Waals surface area contributed by atoms with Crippen LogP contribution in [-0.2, 0) is 4.79 Å². The van der Waals surface area contributed by atoms with Gasteiger partial charge in [-0.1, -0.05) is 13.8 Å². The fraction of sp³-hybridized carbons (Fsp3) is 0.889. The van der Waals surface area contributed by atoms with Gasteiger partial charge in [-0.05, 0) is 24.7 Å². The van der Waals surface area contributed by atoms with Gasteiger partial charge in [0.1, 0.15) is 0 Å². The Kier molecular flexibility index (Phi) is 2.73. The third-order valence-corrected chi connectivity index (χ3v) is 3.05. The van der Waals surface area contributed by atoms with Gasteiger partial charge in [0.2, 0.25) is 5.91 Å². The topological polar surface area (TPSA) is 69.1 Å². The van der Waals surface area contributed by atoms with E-state index in [1.54, 1.807) is 0 Å². The molecule has 3 heteroatoms. The monoisotopic (exact) mass is 170 g/mol. The van der Waals surface area contributed by atoms with E-state index in [4.69, 9.17) is 11.5 Å². The van der Waals surface area contributed by atoms with Crippen molar-refractivity contribution in [3.05, 3.63) is 0 Å². The molecule has 0 aromatic carbocycles. The molecule has 3 nitrogen and oxygen atoms in total. The van der Waals surface area contributed by atoms with Crippen molar-refractivity contribution in [2.24, 2.45) is 29.2 Å². The first-order chi connectivity index (χ1) is 5.52. The fourth-order valence-electron chi connectivity index (χ4n) is 2.08. The first kappa shape index (κ1) is 9.52. The van der Waals surface area contributed by atoms with Gasteiger partial charge in [-0.3, -0.25) is 4.79 Å². The Hall–Kier alpha value is -0.570. The molecule has 4 N–H and O–H groups in total. The van der Waals surface area contributed by atoms with E-state index in [0.717, 1.165) is 12.8 Å². The maximum atomic E-state index is 11.0. The van der Waals surface area contributed by atoms with Crippen LogP contribution in [0.1, 0.15) is 26.7 Å². The molecule has 70 valence electrons. The van der Waals surface area contributed by atoms with E-state index >= 15 is 0 Å². The van der Waals surface area contributed by atoms with E-state index in [9.17, 15) is 4.79 Å². The summed E-state index contributed by atoms with van der Waals surface area (Å²) < 4.78 is 0. The molecule has 12 heavy (non-hydrogen) atoms. The SMILES string of the molecule is CC1CC(C)C(C(N)=O)CC1N. The minimum atomic E-state index is -0.190. The molecule has 1 aliphatic rings. The quantitative estimate of drug-likeness (QED) is 0.601. The van der Waals surface area contributed by atoms with Crippen molar-refractivity contribution < 1.29 is 4.79 Å². The number of nitrogens with two attached hydrogens (primary N) is 2. The van der Waals surface area contributed by atoms with Crippen molar-refractivity contribution >= 4 is 5.91 Å². The van der Waals surface area contributed by atoms with Crippen molar-refractivity contribution in [3.8, 4) is 0 Å². The highest BCUT2D eigenvalue weighted by molar-refractivity contribution is 5.77. The average molecular weight is 170 g/mol. The maximum absolute atomic E-state index is 11.0. The van der Waals surface area contributed by atoms with Gasteiger partial charge in [-0.15, -0.1) is 0 Å². The Morgan fingerprint density at radius 1 is 1.25 bits per heavy atom. The van der Waals surface area contributed by atoms with Gasteiger partial charge in [0.05, 0.1) is 0 Å². The van der Waals surface area contributed by atoms with E-state index in [1.165, 1.54) is 0 Å². The van der Waals surface area contributed by atoms with Crippen LogP contribution in [0.3, 0.4) is 0 Å². The highest BCUT2D eigenvalue weighted by Gasteiger charge is 2.33. The standard InChI is InChI=1S/C9H18N2O/c1-5-3-6(2)8(10)4-7(5)9(11)12/h5-8H,3-4,10H2,1-2H3,(H2,11,12). The lowest BCUT2D eigenvalue weighted by atomic mass is 9.73. The van der Waals surface area contributed by atoms with E-state index in [2.05, 4.69) is 13.8 Å². The zero-order valence-corrected chi connectivity index (χ0v) is 7.79. The summed E-state index contributed by atoms with van der Waals surface area (Å²) in [5.74, 6) is 0.731. The molecule has 0 radical (unpaired) electrons. The minimum absolute atomic E-state index is 0.00352. The van der Waals surface area contributed by atoms with Gasteiger partial charge in [0.15, 0.2) is 0 Å². The number of hydrogen-bond donors (Lipinski definition) is 2. The molecule has 1 amide bonds. The molecule has 0 aromatic heterocycles. The Morgan fingerprint density at radius 3 is 2.33 bits per heavy atom. The second-order valence-corrected chi connectivity index (χ2v) is 4.10. The molecule has 1 saturated carbocycles. The molecule has 0 heterocycles. The number of carbonyl (C=O) groups excluding carboxylic acids is 1. The van der Waals surface area contributed by atoms with Crippen LogP contribution in [0.25, 0.3) is 0 Å². The van der Waals surface area contributed by atoms with Gasteiger partial charge in [0, 0.05) is 12.0 Å². The van der Waals surface area contributed by atoms with Crippen LogP contribution in [-0.4, -0.2) is 11.9 Å². The summed E-state index contributed by atoms with van der Waals surface area (Å²) in [7, 11) is 0. The second kappa shape index (κ2) is 3.44. The zero-order chi connectivity index (χ0) is 9.30. The Bertz CT molecular complexity index is 181. The number of amides is 1. The lowest BCUT2D eigenvalue weighted by Gasteiger charge is -2.35. The molecule has 0 saturated heterocycles. The molecule has 1 fully saturated rings. The van der Waals surface area contributed by atoms with Gasteiger partial charge in [-0.25, -0.2) is 0 Å².